The number of aliphatic hydroxyl groups is 1. The molecule has 2 atom stereocenters. The fraction of sp³-hybridized carbons (Fsp3) is 0.800. The first-order valence-electron chi connectivity index (χ1n) is 7.47. The van der Waals surface area contributed by atoms with Gasteiger partial charge in [-0.3, -0.25) is 0 Å². The Balaban J connectivity index is 1.68. The topological polar surface area (TPSA) is 49.8 Å². The molecule has 1 heterocycles. The molecule has 0 aromatic carbocycles. The van der Waals surface area contributed by atoms with Gasteiger partial charge in [-0.2, -0.15) is 0 Å². The molecule has 0 aromatic rings. The van der Waals surface area contributed by atoms with Gasteiger partial charge >= 0.3 is 6.09 Å². The van der Waals surface area contributed by atoms with Crippen molar-refractivity contribution in [3.63, 3.8) is 0 Å². The van der Waals surface area contributed by atoms with E-state index < -0.39 is 0 Å². The van der Waals surface area contributed by atoms with Crippen LogP contribution in [0.3, 0.4) is 0 Å². The number of hydrogen-bond donors (Lipinski definition) is 1. The van der Waals surface area contributed by atoms with Gasteiger partial charge in [-0.05, 0) is 38.0 Å². The van der Waals surface area contributed by atoms with Gasteiger partial charge in [-0.25, -0.2) is 4.79 Å². The molecule has 0 aromatic heterocycles. The molecular weight excluding hydrogens is 242 g/mol. The number of nitrogens with zero attached hydrogens (tertiary/aromatic N) is 1. The molecule has 2 unspecified atom stereocenters. The fourth-order valence-electron chi connectivity index (χ4n) is 2.90. The Morgan fingerprint density at radius 2 is 2.16 bits per heavy atom. The van der Waals surface area contributed by atoms with Crippen molar-refractivity contribution in [3.8, 4) is 0 Å². The Bertz CT molecular complexity index is 321. The van der Waals surface area contributed by atoms with Gasteiger partial charge in [0.1, 0.15) is 0 Å². The second-order valence-electron chi connectivity index (χ2n) is 5.64. The Kier molecular flexibility index (Phi) is 5.25. The lowest BCUT2D eigenvalue weighted by Crippen LogP contribution is -2.41. The van der Waals surface area contributed by atoms with E-state index in [-0.39, 0.29) is 12.2 Å². The van der Waals surface area contributed by atoms with Crippen LogP contribution in [-0.4, -0.2) is 41.9 Å². The zero-order chi connectivity index (χ0) is 13.7. The van der Waals surface area contributed by atoms with Gasteiger partial charge in [0.05, 0.1) is 12.7 Å². The summed E-state index contributed by atoms with van der Waals surface area (Å²) in [5.41, 5.74) is 0. The number of piperidine rings is 1. The molecule has 108 valence electrons. The number of hydrogen-bond acceptors (Lipinski definition) is 3. The van der Waals surface area contributed by atoms with Crippen LogP contribution in [0.4, 0.5) is 4.79 Å². The predicted molar refractivity (Wildman–Crippen MR) is 73.8 cm³/mol. The molecular formula is C15H25NO3. The highest BCUT2D eigenvalue weighted by atomic mass is 16.6. The van der Waals surface area contributed by atoms with Crippen LogP contribution < -0.4 is 0 Å². The zero-order valence-corrected chi connectivity index (χ0v) is 11.8. The van der Waals surface area contributed by atoms with Gasteiger partial charge < -0.3 is 14.7 Å². The van der Waals surface area contributed by atoms with Crippen LogP contribution >= 0.6 is 0 Å². The number of carbonyl (C=O) groups is 1. The molecule has 1 aliphatic carbocycles. The first-order valence-corrected chi connectivity index (χ1v) is 7.47. The minimum absolute atomic E-state index is 0.190. The van der Waals surface area contributed by atoms with Crippen molar-refractivity contribution in [2.75, 3.05) is 19.7 Å². The maximum Gasteiger partial charge on any atom is 0.409 e. The molecule has 2 aliphatic rings. The number of aliphatic hydroxyl groups excluding tert-OH is 1. The van der Waals surface area contributed by atoms with Crippen molar-refractivity contribution in [2.45, 2.75) is 45.1 Å². The quantitative estimate of drug-likeness (QED) is 0.796. The van der Waals surface area contributed by atoms with Crippen molar-refractivity contribution in [1.29, 1.82) is 0 Å². The zero-order valence-electron chi connectivity index (χ0n) is 11.8. The number of carbonyl (C=O) groups excluding carboxylic acids is 1. The number of rotatable bonds is 4. The molecule has 0 bridgehead atoms. The van der Waals surface area contributed by atoms with Crippen molar-refractivity contribution in [1.82, 2.24) is 4.90 Å². The van der Waals surface area contributed by atoms with E-state index in [1.807, 2.05) is 6.92 Å². The highest BCUT2D eigenvalue weighted by Crippen LogP contribution is 2.23. The Labute approximate surface area is 115 Å². The summed E-state index contributed by atoms with van der Waals surface area (Å²) in [5, 5.41) is 9.81. The molecule has 1 fully saturated rings. The summed E-state index contributed by atoms with van der Waals surface area (Å²) in [6, 6.07) is 0. The standard InChI is InChI=1S/C15H25NO3/c1-2-14(17)13-7-9-16(10-8-13)15(18)19-11-12-5-3-4-6-12/h3,5,12-14,17H,2,4,6-11H2,1H3. The largest absolute Gasteiger partial charge is 0.449 e. The van der Waals surface area contributed by atoms with Crippen LogP contribution in [-0.2, 0) is 4.74 Å². The average Bonchev–Trinajstić information content (AvgIpc) is 2.97. The minimum Gasteiger partial charge on any atom is -0.449 e. The first-order chi connectivity index (χ1) is 9.20. The van der Waals surface area contributed by atoms with Crippen LogP contribution in [0, 0.1) is 11.8 Å². The maximum atomic E-state index is 11.9. The van der Waals surface area contributed by atoms with E-state index >= 15 is 0 Å². The summed E-state index contributed by atoms with van der Waals surface area (Å²) < 4.78 is 5.36. The van der Waals surface area contributed by atoms with E-state index in [1.54, 1.807) is 4.90 Å². The van der Waals surface area contributed by atoms with Gasteiger partial charge in [0.25, 0.3) is 0 Å². The number of allylic oxidation sites excluding steroid dienone is 1. The van der Waals surface area contributed by atoms with Gasteiger partial charge in [-0.15, -0.1) is 0 Å². The summed E-state index contributed by atoms with van der Waals surface area (Å²) in [4.78, 5) is 13.7. The Hall–Kier alpha value is -1.03. The number of likely N-dealkylation sites (tertiary alicyclic amines) is 1. The molecule has 0 spiro atoms. The van der Waals surface area contributed by atoms with Crippen molar-refractivity contribution in [2.24, 2.45) is 11.8 Å². The Morgan fingerprint density at radius 1 is 1.42 bits per heavy atom. The van der Waals surface area contributed by atoms with E-state index in [0.29, 0.717) is 31.5 Å². The summed E-state index contributed by atoms with van der Waals surface area (Å²) in [6.07, 6.45) is 8.63. The maximum absolute atomic E-state index is 11.9. The van der Waals surface area contributed by atoms with E-state index in [0.717, 1.165) is 32.1 Å². The van der Waals surface area contributed by atoms with Crippen molar-refractivity contribution >= 4 is 6.09 Å². The second kappa shape index (κ2) is 6.94. The van der Waals surface area contributed by atoms with E-state index in [4.69, 9.17) is 4.74 Å². The normalized spacial score (nSPS) is 25.6. The minimum atomic E-state index is -0.221. The van der Waals surface area contributed by atoms with Gasteiger partial charge in [-0.1, -0.05) is 19.1 Å². The summed E-state index contributed by atoms with van der Waals surface area (Å²) >= 11 is 0. The van der Waals surface area contributed by atoms with Crippen LogP contribution in [0.5, 0.6) is 0 Å². The molecule has 0 radical (unpaired) electrons. The van der Waals surface area contributed by atoms with Gasteiger partial charge in [0, 0.05) is 19.0 Å². The SMILES string of the molecule is CCC(O)C1CCN(C(=O)OCC2C=CCC2)CC1. The molecule has 1 N–H and O–H groups in total. The lowest BCUT2D eigenvalue weighted by molar-refractivity contribution is 0.0434. The second-order valence-corrected chi connectivity index (χ2v) is 5.64. The molecule has 2 rings (SSSR count). The molecule has 4 nitrogen and oxygen atoms in total. The lowest BCUT2D eigenvalue weighted by atomic mass is 9.90. The van der Waals surface area contributed by atoms with E-state index in [2.05, 4.69) is 12.2 Å². The third-order valence-electron chi connectivity index (χ3n) is 4.29. The van der Waals surface area contributed by atoms with E-state index in [9.17, 15) is 9.90 Å². The molecule has 1 aliphatic heterocycles. The van der Waals surface area contributed by atoms with Crippen molar-refractivity contribution < 1.29 is 14.6 Å². The number of amides is 1. The third-order valence-corrected chi connectivity index (χ3v) is 4.29. The number of ether oxygens (including phenoxy) is 1. The molecule has 4 heteroatoms. The van der Waals surface area contributed by atoms with E-state index in [1.165, 1.54) is 0 Å². The summed E-state index contributed by atoms with van der Waals surface area (Å²) in [5.74, 6) is 0.746. The first kappa shape index (κ1) is 14.4. The average molecular weight is 267 g/mol. The van der Waals surface area contributed by atoms with Crippen LogP contribution in [0.15, 0.2) is 12.2 Å². The summed E-state index contributed by atoms with van der Waals surface area (Å²) in [7, 11) is 0. The lowest BCUT2D eigenvalue weighted by Gasteiger charge is -2.33. The summed E-state index contributed by atoms with van der Waals surface area (Å²) in [6.45, 7) is 3.93. The van der Waals surface area contributed by atoms with Gasteiger partial charge in [0.2, 0.25) is 0 Å². The van der Waals surface area contributed by atoms with Crippen LogP contribution in [0.25, 0.3) is 0 Å². The third kappa shape index (κ3) is 3.96. The molecule has 19 heavy (non-hydrogen) atoms. The highest BCUT2D eigenvalue weighted by Gasteiger charge is 2.27. The van der Waals surface area contributed by atoms with Crippen LogP contribution in [0.1, 0.15) is 39.0 Å². The molecule has 1 amide bonds. The predicted octanol–water partition coefficient (Wildman–Crippen LogP) is 2.57. The smallest absolute Gasteiger partial charge is 0.409 e. The van der Waals surface area contributed by atoms with Crippen LogP contribution in [0.2, 0.25) is 0 Å². The highest BCUT2D eigenvalue weighted by molar-refractivity contribution is 5.67. The van der Waals surface area contributed by atoms with Crippen molar-refractivity contribution in [3.05, 3.63) is 12.2 Å². The molecule has 1 saturated heterocycles. The van der Waals surface area contributed by atoms with Gasteiger partial charge in [0.15, 0.2) is 0 Å². The molecule has 0 saturated carbocycles. The Morgan fingerprint density at radius 3 is 2.74 bits per heavy atom. The fourth-order valence-corrected chi connectivity index (χ4v) is 2.90. The monoisotopic (exact) mass is 267 g/mol.